The molecule has 1 aliphatic rings. The minimum absolute atomic E-state index is 0.585. The van der Waals surface area contributed by atoms with E-state index in [0.29, 0.717) is 17.2 Å². The lowest BCUT2D eigenvalue weighted by atomic mass is 9.96. The normalized spacial score (nSPS) is 14.0. The average Bonchev–Trinajstić information content (AvgIpc) is 2.71. The molecule has 4 rings (SSSR count). The highest BCUT2D eigenvalue weighted by Crippen LogP contribution is 2.20. The number of para-hydroxylation sites is 2. The van der Waals surface area contributed by atoms with Gasteiger partial charge in [0.05, 0.1) is 0 Å². The molecule has 0 saturated carbocycles. The van der Waals surface area contributed by atoms with Crippen LogP contribution in [-0.4, -0.2) is 22.0 Å². The first-order chi connectivity index (χ1) is 13.7. The van der Waals surface area contributed by atoms with Crippen LogP contribution in [-0.2, 0) is 13.7 Å². The molecule has 0 N–H and O–H groups in total. The highest BCUT2D eigenvalue weighted by Gasteiger charge is 2.50. The van der Waals surface area contributed by atoms with Crippen LogP contribution in [0.15, 0.2) is 84.9 Å². The zero-order valence-electron chi connectivity index (χ0n) is 15.3. The summed E-state index contributed by atoms with van der Waals surface area (Å²) in [5, 5.41) is 0. The Balaban J connectivity index is 1.47. The van der Waals surface area contributed by atoms with Gasteiger partial charge in [-0.15, -0.1) is 0 Å². The van der Waals surface area contributed by atoms with Crippen molar-refractivity contribution < 1.29 is 27.7 Å². The summed E-state index contributed by atoms with van der Waals surface area (Å²) in [5.41, 5.74) is 1.12. The Hall–Kier alpha value is -2.87. The van der Waals surface area contributed by atoms with Crippen LogP contribution in [0.4, 0.5) is 0 Å². The zero-order chi connectivity index (χ0) is 19.2. The van der Waals surface area contributed by atoms with Crippen molar-refractivity contribution >= 4 is 22.0 Å². The van der Waals surface area contributed by atoms with E-state index < -0.39 is 22.0 Å². The van der Waals surface area contributed by atoms with E-state index in [1.54, 1.807) is 24.3 Å². The molecule has 138 valence electrons. The molecule has 1 saturated heterocycles. The molecule has 28 heavy (non-hydrogen) atoms. The van der Waals surface area contributed by atoms with Crippen LogP contribution in [0.3, 0.4) is 0 Å². The first kappa shape index (κ1) is 18.5. The summed E-state index contributed by atoms with van der Waals surface area (Å²) in [5.74, 6) is 1.76. The molecule has 0 aromatic heterocycles. The molecule has 0 aliphatic carbocycles. The summed E-state index contributed by atoms with van der Waals surface area (Å²) >= 11 is 0. The van der Waals surface area contributed by atoms with Gasteiger partial charge in [-0.2, -0.15) is 0 Å². The molecule has 9 heteroatoms. The maximum atomic E-state index is 5.76. The van der Waals surface area contributed by atoms with Crippen molar-refractivity contribution in [3.8, 4) is 17.2 Å². The van der Waals surface area contributed by atoms with E-state index in [0.717, 1.165) is 5.56 Å². The Morgan fingerprint density at radius 2 is 0.857 bits per heavy atom. The van der Waals surface area contributed by atoms with Gasteiger partial charge in [0.2, 0.25) is 0 Å². The highest BCUT2D eigenvalue weighted by atomic mass is 16.9. The third-order valence-electron chi connectivity index (χ3n) is 3.87. The smallest absolute Gasteiger partial charge is 0.513 e. The van der Waals surface area contributed by atoms with E-state index in [1.165, 1.54) is 0 Å². The van der Waals surface area contributed by atoms with Crippen molar-refractivity contribution in [2.75, 3.05) is 0 Å². The van der Waals surface area contributed by atoms with Crippen molar-refractivity contribution in [3.63, 3.8) is 0 Å². The largest absolute Gasteiger partial charge is 0.690 e. The Bertz CT molecular complexity index is 816. The molecule has 0 amide bonds. The topological polar surface area (TPSA) is 55.4 Å². The van der Waals surface area contributed by atoms with E-state index in [2.05, 4.69) is 0 Å². The summed E-state index contributed by atoms with van der Waals surface area (Å²) in [4.78, 5) is 0. The standard InChI is InChI=1S/C19H17B3O6/c1-16-12-14-19(15-13-16)25-22-27-20(23-17-8-4-2-5-9-17)26-21(28-22)24-18-10-6-3-7-11-18/h2-15H,1H3. The third-order valence-corrected chi connectivity index (χ3v) is 3.87. The van der Waals surface area contributed by atoms with Crippen LogP contribution in [0.1, 0.15) is 5.56 Å². The van der Waals surface area contributed by atoms with Crippen LogP contribution in [0, 0.1) is 6.92 Å². The number of benzene rings is 3. The number of hydrogen-bond donors (Lipinski definition) is 0. The van der Waals surface area contributed by atoms with Crippen LogP contribution in [0.2, 0.25) is 0 Å². The van der Waals surface area contributed by atoms with Gasteiger partial charge < -0.3 is 27.7 Å². The van der Waals surface area contributed by atoms with Gasteiger partial charge in [-0.25, -0.2) is 0 Å². The third kappa shape index (κ3) is 5.10. The van der Waals surface area contributed by atoms with Gasteiger partial charge in [0.15, 0.2) is 0 Å². The second-order valence-electron chi connectivity index (χ2n) is 6.07. The highest BCUT2D eigenvalue weighted by molar-refractivity contribution is 6.67. The molecule has 0 bridgehead atoms. The molecular formula is C19H17B3O6. The van der Waals surface area contributed by atoms with E-state index in [4.69, 9.17) is 27.7 Å². The van der Waals surface area contributed by atoms with Crippen molar-refractivity contribution in [1.82, 2.24) is 0 Å². The molecule has 1 aliphatic heterocycles. The second-order valence-corrected chi connectivity index (χ2v) is 6.07. The zero-order valence-corrected chi connectivity index (χ0v) is 15.3. The molecule has 6 nitrogen and oxygen atoms in total. The Morgan fingerprint density at radius 1 is 0.500 bits per heavy atom. The van der Waals surface area contributed by atoms with Gasteiger partial charge in [-0.3, -0.25) is 0 Å². The fourth-order valence-electron chi connectivity index (χ4n) is 2.48. The predicted octanol–water partition coefficient (Wildman–Crippen LogP) is 3.55. The summed E-state index contributed by atoms with van der Waals surface area (Å²) in [6, 6.07) is 25.9. The first-order valence-corrected chi connectivity index (χ1v) is 8.88. The maximum absolute atomic E-state index is 5.76. The first-order valence-electron chi connectivity index (χ1n) is 8.88. The van der Waals surface area contributed by atoms with Crippen molar-refractivity contribution in [2.24, 2.45) is 0 Å². The molecule has 0 atom stereocenters. The second kappa shape index (κ2) is 8.88. The lowest BCUT2D eigenvalue weighted by Gasteiger charge is -2.28. The Labute approximate surface area is 164 Å². The molecule has 1 fully saturated rings. The minimum Gasteiger partial charge on any atom is -0.513 e. The van der Waals surface area contributed by atoms with E-state index in [9.17, 15) is 0 Å². The molecule has 3 aromatic carbocycles. The van der Waals surface area contributed by atoms with Crippen molar-refractivity contribution in [2.45, 2.75) is 6.92 Å². The fourth-order valence-corrected chi connectivity index (χ4v) is 2.48. The van der Waals surface area contributed by atoms with Crippen molar-refractivity contribution in [1.29, 1.82) is 0 Å². The Kier molecular flexibility index (Phi) is 5.87. The van der Waals surface area contributed by atoms with E-state index in [-0.39, 0.29) is 0 Å². The van der Waals surface area contributed by atoms with Crippen LogP contribution in [0.25, 0.3) is 0 Å². The summed E-state index contributed by atoms with van der Waals surface area (Å²) in [6.45, 7) is 2.00. The summed E-state index contributed by atoms with van der Waals surface area (Å²) in [7, 11) is -3.21. The molecule has 1 heterocycles. The molecule has 0 unspecified atom stereocenters. The molecule has 0 radical (unpaired) electrons. The fraction of sp³-hybridized carbons (Fsp3) is 0.0526. The van der Waals surface area contributed by atoms with E-state index in [1.807, 2.05) is 67.6 Å². The number of aryl methyl sites for hydroxylation is 1. The molecule has 3 aromatic rings. The van der Waals surface area contributed by atoms with Crippen LogP contribution in [0.5, 0.6) is 17.2 Å². The Morgan fingerprint density at radius 3 is 1.25 bits per heavy atom. The van der Waals surface area contributed by atoms with Gasteiger partial charge in [-0.1, -0.05) is 54.1 Å². The average molecular weight is 374 g/mol. The number of hydrogen-bond acceptors (Lipinski definition) is 6. The number of rotatable bonds is 6. The summed E-state index contributed by atoms with van der Waals surface area (Å²) < 4.78 is 34.1. The van der Waals surface area contributed by atoms with Gasteiger partial charge in [0, 0.05) is 0 Å². The lowest BCUT2D eigenvalue weighted by Crippen LogP contribution is -2.56. The van der Waals surface area contributed by atoms with Crippen LogP contribution < -0.4 is 14.0 Å². The minimum atomic E-state index is -1.07. The van der Waals surface area contributed by atoms with Crippen molar-refractivity contribution in [3.05, 3.63) is 90.5 Å². The van der Waals surface area contributed by atoms with Crippen LogP contribution >= 0.6 is 0 Å². The molecule has 0 spiro atoms. The van der Waals surface area contributed by atoms with Gasteiger partial charge >= 0.3 is 22.0 Å². The van der Waals surface area contributed by atoms with Gasteiger partial charge in [0.25, 0.3) is 0 Å². The maximum Gasteiger partial charge on any atom is 0.690 e. The quantitative estimate of drug-likeness (QED) is 0.616. The van der Waals surface area contributed by atoms with Gasteiger partial charge in [-0.05, 0) is 43.3 Å². The predicted molar refractivity (Wildman–Crippen MR) is 106 cm³/mol. The SMILES string of the molecule is Cc1ccc(OB2OB(Oc3ccccc3)OB(Oc3ccccc3)O2)cc1. The lowest BCUT2D eigenvalue weighted by molar-refractivity contribution is 0.146. The summed E-state index contributed by atoms with van der Waals surface area (Å²) in [6.07, 6.45) is 0. The molecular weight excluding hydrogens is 357 g/mol. The monoisotopic (exact) mass is 374 g/mol. The van der Waals surface area contributed by atoms with E-state index >= 15 is 0 Å². The van der Waals surface area contributed by atoms with Gasteiger partial charge in [0.1, 0.15) is 17.2 Å².